The summed E-state index contributed by atoms with van der Waals surface area (Å²) in [6.45, 7) is 3.95. The van der Waals surface area contributed by atoms with Crippen molar-refractivity contribution >= 4 is 27.4 Å². The summed E-state index contributed by atoms with van der Waals surface area (Å²) < 4.78 is 26.2. The molecule has 0 saturated carbocycles. The van der Waals surface area contributed by atoms with Crippen LogP contribution in [0.15, 0.2) is 58.5 Å². The number of sulfonamides is 1. The number of carbonyl (C=O) groups is 1. The van der Waals surface area contributed by atoms with Gasteiger partial charge in [0, 0.05) is 19.6 Å². The smallest absolute Gasteiger partial charge is 0.242 e. The number of carboxylic acid groups (broad SMARTS) is 1. The molecule has 150 valence electrons. The van der Waals surface area contributed by atoms with Crippen LogP contribution >= 0.6 is 0 Å². The average molecular weight is 402 g/mol. The summed E-state index contributed by atoms with van der Waals surface area (Å²) >= 11 is 0. The zero-order chi connectivity index (χ0) is 20.7. The first-order valence-electron chi connectivity index (χ1n) is 8.84. The van der Waals surface area contributed by atoms with E-state index in [1.165, 1.54) is 19.2 Å². The summed E-state index contributed by atoms with van der Waals surface area (Å²) in [4.78, 5) is 10.6. The normalized spacial score (nSPS) is 12.2. The lowest BCUT2D eigenvalue weighted by Crippen LogP contribution is -2.29. The average Bonchev–Trinajstić information content (AvgIpc) is 2.67. The van der Waals surface area contributed by atoms with Gasteiger partial charge in [0.1, 0.15) is 0 Å². The molecule has 0 aromatic heterocycles. The van der Waals surface area contributed by atoms with Crippen LogP contribution in [0.1, 0.15) is 30.9 Å². The van der Waals surface area contributed by atoms with E-state index in [1.807, 2.05) is 38.1 Å². The van der Waals surface area contributed by atoms with Crippen LogP contribution in [0, 0.1) is 6.92 Å². The second-order valence-electron chi connectivity index (χ2n) is 6.50. The predicted octanol–water partition coefficient (Wildman–Crippen LogP) is 1.98. The lowest BCUT2D eigenvalue weighted by atomic mass is 10.1. The van der Waals surface area contributed by atoms with Crippen molar-refractivity contribution < 1.29 is 18.3 Å². The molecule has 7 nitrogen and oxygen atoms in total. The highest BCUT2D eigenvalue weighted by atomic mass is 32.2. The van der Waals surface area contributed by atoms with Crippen molar-refractivity contribution in [3.05, 3.63) is 59.7 Å². The van der Waals surface area contributed by atoms with Gasteiger partial charge in [-0.05, 0) is 56.5 Å². The van der Waals surface area contributed by atoms with Crippen LogP contribution in [0.4, 0.5) is 5.69 Å². The fourth-order valence-electron chi connectivity index (χ4n) is 2.46. The number of rotatable bonds is 9. The fourth-order valence-corrected chi connectivity index (χ4v) is 3.66. The van der Waals surface area contributed by atoms with Gasteiger partial charge in [0.2, 0.25) is 10.0 Å². The molecule has 0 spiro atoms. The van der Waals surface area contributed by atoms with Crippen LogP contribution in [0.5, 0.6) is 0 Å². The molecule has 0 aliphatic rings. The zero-order valence-electron chi connectivity index (χ0n) is 16.2. The molecular formula is C20H24N3O4S-. The third-order valence-corrected chi connectivity index (χ3v) is 6.11. The molecule has 0 aliphatic carbocycles. The summed E-state index contributed by atoms with van der Waals surface area (Å²) in [6.07, 6.45) is 0.0228. The van der Waals surface area contributed by atoms with E-state index in [0.717, 1.165) is 21.1 Å². The van der Waals surface area contributed by atoms with Crippen LogP contribution in [0.2, 0.25) is 0 Å². The molecule has 2 rings (SSSR count). The van der Waals surface area contributed by atoms with Crippen molar-refractivity contribution in [1.82, 2.24) is 4.31 Å². The lowest BCUT2D eigenvalue weighted by Gasteiger charge is -2.17. The molecule has 0 fully saturated rings. The molecule has 28 heavy (non-hydrogen) atoms. The van der Waals surface area contributed by atoms with E-state index in [0.29, 0.717) is 5.71 Å². The van der Waals surface area contributed by atoms with E-state index in [9.17, 15) is 18.3 Å². The number of hydrogen-bond acceptors (Lipinski definition) is 6. The predicted molar refractivity (Wildman–Crippen MR) is 108 cm³/mol. The van der Waals surface area contributed by atoms with Gasteiger partial charge in [-0.25, -0.2) is 12.7 Å². The number of hydrazone groups is 1. The number of aryl methyl sites for hydroxylation is 1. The van der Waals surface area contributed by atoms with Gasteiger partial charge in [-0.2, -0.15) is 5.10 Å². The van der Waals surface area contributed by atoms with Crippen LogP contribution in [-0.2, 0) is 14.8 Å². The van der Waals surface area contributed by atoms with Crippen LogP contribution < -0.4 is 10.5 Å². The van der Waals surface area contributed by atoms with Crippen LogP contribution in [-0.4, -0.2) is 38.0 Å². The number of hydrogen-bond donors (Lipinski definition) is 1. The minimum atomic E-state index is -3.67. The molecule has 0 aliphatic heterocycles. The van der Waals surface area contributed by atoms with Gasteiger partial charge in [-0.15, -0.1) is 0 Å². The van der Waals surface area contributed by atoms with Gasteiger partial charge in [0.15, 0.2) is 0 Å². The molecule has 0 unspecified atom stereocenters. The Bertz CT molecular complexity index is 936. The van der Waals surface area contributed by atoms with Gasteiger partial charge < -0.3 is 9.90 Å². The summed E-state index contributed by atoms with van der Waals surface area (Å²) in [7, 11) is -2.25. The van der Waals surface area contributed by atoms with Crippen molar-refractivity contribution in [3.63, 3.8) is 0 Å². The maximum Gasteiger partial charge on any atom is 0.242 e. The molecule has 2 aromatic carbocycles. The molecule has 0 atom stereocenters. The van der Waals surface area contributed by atoms with Crippen molar-refractivity contribution in [2.45, 2.75) is 31.6 Å². The van der Waals surface area contributed by atoms with E-state index in [2.05, 4.69) is 10.5 Å². The van der Waals surface area contributed by atoms with Crippen LogP contribution in [0.3, 0.4) is 0 Å². The number of benzene rings is 2. The van der Waals surface area contributed by atoms with Crippen molar-refractivity contribution in [3.8, 4) is 0 Å². The van der Waals surface area contributed by atoms with E-state index < -0.39 is 16.0 Å². The van der Waals surface area contributed by atoms with E-state index in [-0.39, 0.29) is 24.3 Å². The maximum atomic E-state index is 12.5. The molecule has 1 N–H and O–H groups in total. The molecule has 0 bridgehead atoms. The fraction of sp³-hybridized carbons (Fsp3) is 0.300. The first kappa shape index (κ1) is 21.6. The minimum absolute atomic E-state index is 0.110. The summed E-state index contributed by atoms with van der Waals surface area (Å²) in [5, 5.41) is 14.8. The molecule has 0 saturated heterocycles. The van der Waals surface area contributed by atoms with Gasteiger partial charge in [0.05, 0.1) is 16.3 Å². The summed E-state index contributed by atoms with van der Waals surface area (Å²) in [5.74, 6) is -1.19. The van der Waals surface area contributed by atoms with Gasteiger partial charge in [-0.3, -0.25) is 5.43 Å². The SMILES string of the molecule is C/C(=N/Nc1ccc(C)cc1)c1ccc(S(=O)(=O)N(C)CCCC(=O)[O-])cc1. The highest BCUT2D eigenvalue weighted by molar-refractivity contribution is 7.89. The van der Waals surface area contributed by atoms with Crippen molar-refractivity contribution in [2.75, 3.05) is 19.0 Å². The first-order valence-corrected chi connectivity index (χ1v) is 10.3. The first-order chi connectivity index (χ1) is 13.2. The Morgan fingerprint density at radius 2 is 1.71 bits per heavy atom. The van der Waals surface area contributed by atoms with E-state index in [1.54, 1.807) is 12.1 Å². The molecule has 8 heteroatoms. The monoisotopic (exact) mass is 402 g/mol. The molecule has 2 aromatic rings. The number of aliphatic carboxylic acids is 1. The second-order valence-corrected chi connectivity index (χ2v) is 8.55. The van der Waals surface area contributed by atoms with Crippen molar-refractivity contribution in [2.24, 2.45) is 5.10 Å². The summed E-state index contributed by atoms with van der Waals surface area (Å²) in [5.41, 5.74) is 6.50. The van der Waals surface area contributed by atoms with Gasteiger partial charge in [0.25, 0.3) is 0 Å². The molecule has 0 radical (unpaired) electrons. The quantitative estimate of drug-likeness (QED) is 0.510. The molecular weight excluding hydrogens is 378 g/mol. The molecule has 0 amide bonds. The number of carbonyl (C=O) groups excluding carboxylic acids is 1. The van der Waals surface area contributed by atoms with E-state index in [4.69, 9.17) is 0 Å². The summed E-state index contributed by atoms with van der Waals surface area (Å²) in [6, 6.07) is 14.2. The Balaban J connectivity index is 2.05. The number of anilines is 1. The largest absolute Gasteiger partial charge is 0.550 e. The van der Waals surface area contributed by atoms with Crippen molar-refractivity contribution in [1.29, 1.82) is 0 Å². The Morgan fingerprint density at radius 3 is 2.29 bits per heavy atom. The number of nitrogens with zero attached hydrogens (tertiary/aromatic N) is 2. The Kier molecular flexibility index (Phi) is 7.31. The van der Waals surface area contributed by atoms with E-state index >= 15 is 0 Å². The standard InChI is InChI=1S/C20H25N3O4S/c1-15-6-10-18(11-7-15)22-21-16(2)17-8-12-19(13-9-17)28(26,27)23(3)14-4-5-20(24)25/h6-13,22H,4-5,14H2,1-3H3,(H,24,25)/p-1/b21-16-. The molecule has 0 heterocycles. The Morgan fingerprint density at radius 1 is 1.11 bits per heavy atom. The number of nitrogens with one attached hydrogen (secondary N) is 1. The van der Waals surface area contributed by atoms with Gasteiger partial charge >= 0.3 is 0 Å². The highest BCUT2D eigenvalue weighted by Crippen LogP contribution is 2.16. The highest BCUT2D eigenvalue weighted by Gasteiger charge is 2.20. The number of carboxylic acids is 1. The van der Waals surface area contributed by atoms with Gasteiger partial charge in [-0.1, -0.05) is 29.8 Å². The third kappa shape index (κ3) is 5.90. The minimum Gasteiger partial charge on any atom is -0.550 e. The zero-order valence-corrected chi connectivity index (χ0v) is 17.0. The Labute approximate surface area is 165 Å². The third-order valence-electron chi connectivity index (χ3n) is 4.24. The second kappa shape index (κ2) is 9.48. The Hall–Kier alpha value is -2.71. The topological polar surface area (TPSA) is 102 Å². The maximum absolute atomic E-state index is 12.5. The van der Waals surface area contributed by atoms with Crippen LogP contribution in [0.25, 0.3) is 0 Å². The lowest BCUT2D eigenvalue weighted by molar-refractivity contribution is -0.305.